The van der Waals surface area contributed by atoms with Crippen LogP contribution in [0.3, 0.4) is 0 Å². The first-order chi connectivity index (χ1) is 13.6. The number of amides is 1. The second kappa shape index (κ2) is 8.03. The minimum atomic E-state index is -3.61. The van der Waals surface area contributed by atoms with E-state index in [1.165, 1.54) is 35.6 Å². The van der Waals surface area contributed by atoms with Gasteiger partial charge in [-0.1, -0.05) is 29.9 Å². The van der Waals surface area contributed by atoms with Crippen molar-refractivity contribution in [2.45, 2.75) is 11.8 Å². The Morgan fingerprint density at radius 2 is 2.03 bits per heavy atom. The number of benzene rings is 2. The molecule has 0 spiro atoms. The summed E-state index contributed by atoms with van der Waals surface area (Å²) >= 11 is 7.07. The van der Waals surface area contributed by atoms with Gasteiger partial charge in [-0.05, 0) is 24.3 Å². The molecule has 1 N–H and O–H groups in total. The molecule has 0 saturated heterocycles. The number of halogens is 1. The number of fused-ring (bicyclic) bond motifs is 1. The molecule has 0 fully saturated rings. The molecule has 0 unspecified atom stereocenters. The quantitative estimate of drug-likeness (QED) is 0.447. The molecular weight excluding hydrogens is 440 g/mol. The van der Waals surface area contributed by atoms with Gasteiger partial charge in [0.1, 0.15) is 0 Å². The van der Waals surface area contributed by atoms with Gasteiger partial charge in [0.2, 0.25) is 10.0 Å². The van der Waals surface area contributed by atoms with Gasteiger partial charge in [0.15, 0.2) is 5.13 Å². The van der Waals surface area contributed by atoms with Crippen molar-refractivity contribution in [1.82, 2.24) is 9.29 Å². The molecule has 1 heterocycles. The molecule has 3 rings (SSSR count). The number of rotatable bonds is 6. The lowest BCUT2D eigenvalue weighted by Crippen LogP contribution is -2.26. The number of hydrogen-bond donors (Lipinski definition) is 1. The van der Waals surface area contributed by atoms with Crippen LogP contribution < -0.4 is 5.32 Å². The zero-order valence-corrected chi connectivity index (χ0v) is 17.6. The first kappa shape index (κ1) is 21.1. The lowest BCUT2D eigenvalue weighted by atomic mass is 10.2. The van der Waals surface area contributed by atoms with Gasteiger partial charge in [-0.15, -0.1) is 0 Å². The second-order valence-corrected chi connectivity index (χ2v) is 9.43. The number of non-ortho nitro benzene ring substituents is 1. The maximum Gasteiger partial charge on any atom is 0.270 e. The van der Waals surface area contributed by atoms with E-state index in [2.05, 4.69) is 10.3 Å². The highest BCUT2D eigenvalue weighted by molar-refractivity contribution is 7.89. The average Bonchev–Trinajstić information content (AvgIpc) is 3.08. The molecular formula is C17H15ClN4O5S2. The third-order valence-corrected chi connectivity index (χ3v) is 7.33. The van der Waals surface area contributed by atoms with Crippen molar-refractivity contribution in [2.75, 3.05) is 18.9 Å². The third kappa shape index (κ3) is 4.22. The molecule has 0 saturated carbocycles. The fourth-order valence-corrected chi connectivity index (χ4v) is 4.82. The van der Waals surface area contributed by atoms with E-state index in [1.54, 1.807) is 13.0 Å². The molecule has 1 aromatic heterocycles. The molecule has 1 amide bonds. The van der Waals surface area contributed by atoms with Crippen LogP contribution in [0.25, 0.3) is 10.2 Å². The highest BCUT2D eigenvalue weighted by Crippen LogP contribution is 2.30. The number of aromatic nitrogens is 1. The lowest BCUT2D eigenvalue weighted by molar-refractivity contribution is -0.384. The van der Waals surface area contributed by atoms with Crippen molar-refractivity contribution in [1.29, 1.82) is 0 Å². The van der Waals surface area contributed by atoms with Gasteiger partial charge >= 0.3 is 0 Å². The maximum atomic E-state index is 12.5. The Morgan fingerprint density at radius 1 is 1.31 bits per heavy atom. The van der Waals surface area contributed by atoms with Crippen LogP contribution in [0.1, 0.15) is 17.3 Å². The summed E-state index contributed by atoms with van der Waals surface area (Å²) in [6, 6.07) is 8.05. The highest BCUT2D eigenvalue weighted by atomic mass is 35.5. The fourth-order valence-electron chi connectivity index (χ4n) is 2.43. The maximum absolute atomic E-state index is 12.5. The number of sulfonamides is 1. The van der Waals surface area contributed by atoms with Crippen molar-refractivity contribution in [2.24, 2.45) is 0 Å². The second-order valence-electron chi connectivity index (χ2n) is 5.94. The Balaban J connectivity index is 1.91. The zero-order chi connectivity index (χ0) is 21.3. The topological polar surface area (TPSA) is 123 Å². The summed E-state index contributed by atoms with van der Waals surface area (Å²) in [7, 11) is -2.13. The number of carbonyl (C=O) groups is 1. The van der Waals surface area contributed by atoms with E-state index in [-0.39, 0.29) is 26.3 Å². The SMILES string of the molecule is CCN(C)S(=O)(=O)c1ccc2nc(NC(=O)c3cc([N+](=O)[O-])ccc3Cl)sc2c1. The highest BCUT2D eigenvalue weighted by Gasteiger charge is 2.21. The summed E-state index contributed by atoms with van der Waals surface area (Å²) < 4.78 is 26.7. The molecule has 12 heteroatoms. The fraction of sp³-hybridized carbons (Fsp3) is 0.176. The normalized spacial score (nSPS) is 11.7. The molecule has 0 atom stereocenters. The number of nitrogens with one attached hydrogen (secondary N) is 1. The Kier molecular flexibility index (Phi) is 5.85. The van der Waals surface area contributed by atoms with Crippen molar-refractivity contribution < 1.29 is 18.1 Å². The van der Waals surface area contributed by atoms with Crippen LogP contribution in [0.4, 0.5) is 10.8 Å². The van der Waals surface area contributed by atoms with Crippen LogP contribution in [0.15, 0.2) is 41.3 Å². The van der Waals surface area contributed by atoms with Crippen molar-refractivity contribution >= 4 is 59.9 Å². The Labute approximate surface area is 175 Å². The molecule has 0 bridgehead atoms. The smallest absolute Gasteiger partial charge is 0.270 e. The van der Waals surface area contributed by atoms with Gasteiger partial charge in [-0.3, -0.25) is 20.2 Å². The number of nitro groups is 1. The van der Waals surface area contributed by atoms with E-state index >= 15 is 0 Å². The minimum Gasteiger partial charge on any atom is -0.298 e. The molecule has 152 valence electrons. The summed E-state index contributed by atoms with van der Waals surface area (Å²) in [6.07, 6.45) is 0. The Hall–Kier alpha value is -2.60. The summed E-state index contributed by atoms with van der Waals surface area (Å²) in [5.74, 6) is -0.656. The summed E-state index contributed by atoms with van der Waals surface area (Å²) in [5.41, 5.74) is 0.181. The number of thiazole rings is 1. The van der Waals surface area contributed by atoms with E-state index < -0.39 is 20.9 Å². The van der Waals surface area contributed by atoms with Crippen LogP contribution in [-0.4, -0.2) is 42.1 Å². The van der Waals surface area contributed by atoms with Crippen LogP contribution in [-0.2, 0) is 10.0 Å². The van der Waals surface area contributed by atoms with Gasteiger partial charge in [0.25, 0.3) is 11.6 Å². The molecule has 3 aromatic rings. The van der Waals surface area contributed by atoms with E-state index in [4.69, 9.17) is 11.6 Å². The van der Waals surface area contributed by atoms with Gasteiger partial charge in [-0.25, -0.2) is 17.7 Å². The summed E-state index contributed by atoms with van der Waals surface area (Å²) in [6.45, 7) is 2.06. The largest absolute Gasteiger partial charge is 0.298 e. The van der Waals surface area contributed by atoms with Crippen molar-refractivity contribution in [3.63, 3.8) is 0 Å². The first-order valence-electron chi connectivity index (χ1n) is 8.25. The van der Waals surface area contributed by atoms with Crippen molar-refractivity contribution in [3.8, 4) is 0 Å². The molecule has 29 heavy (non-hydrogen) atoms. The predicted molar refractivity (Wildman–Crippen MR) is 111 cm³/mol. The summed E-state index contributed by atoms with van der Waals surface area (Å²) in [5, 5.41) is 13.7. The molecule has 0 aliphatic heterocycles. The number of carbonyl (C=O) groups excluding carboxylic acids is 1. The standard InChI is InChI=1S/C17H15ClN4O5S2/c1-3-21(2)29(26,27)11-5-7-14-15(9-11)28-17(19-14)20-16(23)12-8-10(22(24)25)4-6-13(12)18/h4-9H,3H2,1-2H3,(H,19,20,23). The van der Waals surface area contributed by atoms with Crippen LogP contribution in [0, 0.1) is 10.1 Å². The number of nitro benzene ring substituents is 1. The minimum absolute atomic E-state index is 0.0604. The average molecular weight is 455 g/mol. The Morgan fingerprint density at radius 3 is 2.69 bits per heavy atom. The zero-order valence-electron chi connectivity index (χ0n) is 15.2. The molecule has 0 aliphatic rings. The van der Waals surface area contributed by atoms with Gasteiger partial charge < -0.3 is 0 Å². The lowest BCUT2D eigenvalue weighted by Gasteiger charge is -2.14. The van der Waals surface area contributed by atoms with E-state index in [0.717, 1.165) is 17.4 Å². The van der Waals surface area contributed by atoms with E-state index in [1.807, 2.05) is 0 Å². The predicted octanol–water partition coefficient (Wildman–Crippen LogP) is 3.75. The van der Waals surface area contributed by atoms with E-state index in [0.29, 0.717) is 16.8 Å². The van der Waals surface area contributed by atoms with Crippen molar-refractivity contribution in [3.05, 3.63) is 57.1 Å². The molecule has 0 aliphatic carbocycles. The molecule has 2 aromatic carbocycles. The van der Waals surface area contributed by atoms with Crippen LogP contribution in [0.5, 0.6) is 0 Å². The first-order valence-corrected chi connectivity index (χ1v) is 10.9. The number of nitrogens with zero attached hydrogens (tertiary/aromatic N) is 3. The van der Waals surface area contributed by atoms with E-state index in [9.17, 15) is 23.3 Å². The van der Waals surface area contributed by atoms with Gasteiger partial charge in [0.05, 0.1) is 30.6 Å². The monoisotopic (exact) mass is 454 g/mol. The number of hydrogen-bond acceptors (Lipinski definition) is 7. The molecule has 9 nitrogen and oxygen atoms in total. The number of anilines is 1. The molecule has 0 radical (unpaired) electrons. The van der Waals surface area contributed by atoms with Crippen LogP contribution in [0.2, 0.25) is 5.02 Å². The van der Waals surface area contributed by atoms with Crippen LogP contribution >= 0.6 is 22.9 Å². The van der Waals surface area contributed by atoms with Gasteiger partial charge in [-0.2, -0.15) is 0 Å². The summed E-state index contributed by atoms with van der Waals surface area (Å²) in [4.78, 5) is 27.2. The third-order valence-electron chi connectivity index (χ3n) is 4.14. The van der Waals surface area contributed by atoms with Gasteiger partial charge in [0, 0.05) is 25.7 Å². The Bertz CT molecular complexity index is 1230.